The molecule has 2 aliphatic heterocycles. The van der Waals surface area contributed by atoms with Crippen LogP contribution in [0.4, 0.5) is 0 Å². The zero-order valence-electron chi connectivity index (χ0n) is 18.0. The van der Waals surface area contributed by atoms with Crippen molar-refractivity contribution in [3.05, 3.63) is 70.8 Å². The summed E-state index contributed by atoms with van der Waals surface area (Å²) in [7, 11) is 2.19. The Bertz CT molecular complexity index is 1140. The number of carboxylic acids is 2. The van der Waals surface area contributed by atoms with Crippen LogP contribution in [-0.4, -0.2) is 69.1 Å². The first-order valence-electron chi connectivity index (χ1n) is 10.9. The number of aliphatic hydroxyl groups is 1. The summed E-state index contributed by atoms with van der Waals surface area (Å²) < 4.78 is 6.09. The molecule has 4 N–H and O–H groups in total. The Hall–Kier alpha value is -3.36. The third kappa shape index (κ3) is 3.05. The Morgan fingerprint density at radius 3 is 2.36 bits per heavy atom. The topological polar surface area (TPSA) is 128 Å². The Kier molecular flexibility index (Phi) is 4.95. The quantitative estimate of drug-likeness (QED) is 0.512. The molecule has 2 aromatic carbocycles. The summed E-state index contributed by atoms with van der Waals surface area (Å²) in [6.07, 6.45) is 5.18. The summed E-state index contributed by atoms with van der Waals surface area (Å²) in [5.74, 6) is -1.27. The van der Waals surface area contributed by atoms with Gasteiger partial charge in [-0.3, -0.25) is 0 Å². The van der Waals surface area contributed by atoms with Crippen molar-refractivity contribution >= 4 is 11.9 Å². The van der Waals surface area contributed by atoms with Gasteiger partial charge in [-0.1, -0.05) is 30.4 Å². The number of carboxylic acid groups (broad SMARTS) is 2. The van der Waals surface area contributed by atoms with Crippen LogP contribution >= 0.6 is 0 Å². The van der Waals surface area contributed by atoms with Crippen LogP contribution in [0.15, 0.2) is 48.6 Å². The minimum absolute atomic E-state index is 0.160. The molecule has 2 bridgehead atoms. The largest absolute Gasteiger partial charge is 0.504 e. The number of phenols is 1. The number of ether oxygens (including phenoxy) is 1. The predicted octanol–water partition coefficient (Wildman–Crippen LogP) is 2.28. The van der Waals surface area contributed by atoms with Crippen molar-refractivity contribution in [3.8, 4) is 11.5 Å². The minimum Gasteiger partial charge on any atom is -0.504 e. The van der Waals surface area contributed by atoms with Crippen LogP contribution in [-0.2, 0) is 11.8 Å². The molecule has 1 fully saturated rings. The number of aromatic carboxylic acids is 2. The van der Waals surface area contributed by atoms with Crippen molar-refractivity contribution in [1.29, 1.82) is 0 Å². The average Bonchev–Trinajstić information content (AvgIpc) is 3.15. The standard InChI is InChI=1S/C17H19NO3.C8H6O4/c1-18-7-6-17-10-3-5-13(20)16(17)21-15-12(19)4-2-9(14(15)17)8-11(10)18;9-7(10)5-3-1-2-4-6(5)8(11)12/h2-5,10-11,13,16,19-20H,6-8H2,1H3;1-4H,(H,9,10)(H,11,12)/t10-,11+,13-,16-,17-;/m0./s1. The molecule has 0 amide bonds. The molecule has 1 spiro atoms. The highest BCUT2D eigenvalue weighted by molar-refractivity contribution is 6.01. The number of likely N-dealkylation sites (N-methyl/N-ethyl adjacent to an activating group) is 1. The Balaban J connectivity index is 0.000000164. The molecule has 2 aromatic rings. The van der Waals surface area contributed by atoms with Crippen molar-refractivity contribution in [2.75, 3.05) is 13.6 Å². The number of phenolic OH excluding ortho intramolecular Hbond substituents is 1. The van der Waals surface area contributed by atoms with Crippen LogP contribution in [0.3, 0.4) is 0 Å². The molecule has 6 rings (SSSR count). The molecule has 33 heavy (non-hydrogen) atoms. The zero-order valence-corrected chi connectivity index (χ0v) is 18.0. The van der Waals surface area contributed by atoms with E-state index in [-0.39, 0.29) is 28.4 Å². The van der Waals surface area contributed by atoms with E-state index in [1.165, 1.54) is 35.4 Å². The summed E-state index contributed by atoms with van der Waals surface area (Å²) in [6.45, 7) is 1.01. The number of nitrogens with zero attached hydrogens (tertiary/aromatic N) is 1. The first kappa shape index (κ1) is 21.5. The molecular formula is C25H25NO7. The normalized spacial score (nSPS) is 30.5. The number of likely N-dealkylation sites (tertiary alicyclic amines) is 1. The van der Waals surface area contributed by atoms with Crippen LogP contribution in [0.25, 0.3) is 0 Å². The maximum atomic E-state index is 10.5. The van der Waals surface area contributed by atoms with Gasteiger partial charge in [-0.25, -0.2) is 9.59 Å². The van der Waals surface area contributed by atoms with Crippen LogP contribution in [0.1, 0.15) is 38.3 Å². The number of hydrogen-bond donors (Lipinski definition) is 4. The average molecular weight is 451 g/mol. The number of hydrogen-bond acceptors (Lipinski definition) is 6. The highest BCUT2D eigenvalue weighted by Gasteiger charge is 2.64. The van der Waals surface area contributed by atoms with Crippen LogP contribution in [0.2, 0.25) is 0 Å². The first-order chi connectivity index (χ1) is 15.8. The molecule has 1 saturated heterocycles. The second-order valence-corrected chi connectivity index (χ2v) is 9.09. The first-order valence-corrected chi connectivity index (χ1v) is 10.9. The van der Waals surface area contributed by atoms with Gasteiger partial charge in [-0.2, -0.15) is 0 Å². The predicted molar refractivity (Wildman–Crippen MR) is 118 cm³/mol. The molecule has 172 valence electrons. The molecule has 0 unspecified atom stereocenters. The van der Waals surface area contributed by atoms with Gasteiger partial charge in [0.1, 0.15) is 12.2 Å². The molecule has 8 heteroatoms. The lowest BCUT2D eigenvalue weighted by Gasteiger charge is -2.56. The number of benzene rings is 2. The molecule has 4 aliphatic rings. The van der Waals surface area contributed by atoms with Gasteiger partial charge >= 0.3 is 11.9 Å². The third-order valence-corrected chi connectivity index (χ3v) is 7.54. The number of piperidine rings is 1. The van der Waals surface area contributed by atoms with E-state index >= 15 is 0 Å². The number of aliphatic hydroxyl groups excluding tert-OH is 1. The summed E-state index contributed by atoms with van der Waals surface area (Å²) in [4.78, 5) is 23.4. The Labute approximate surface area is 190 Å². The summed E-state index contributed by atoms with van der Waals surface area (Å²) in [5, 5.41) is 37.8. The minimum atomic E-state index is -1.23. The molecule has 2 heterocycles. The molecular weight excluding hydrogens is 426 g/mol. The van der Waals surface area contributed by atoms with Crippen molar-refractivity contribution in [1.82, 2.24) is 4.90 Å². The molecule has 0 radical (unpaired) electrons. The van der Waals surface area contributed by atoms with E-state index in [1.54, 1.807) is 6.07 Å². The van der Waals surface area contributed by atoms with Gasteiger partial charge in [-0.15, -0.1) is 0 Å². The van der Waals surface area contributed by atoms with E-state index in [0.717, 1.165) is 19.4 Å². The maximum absolute atomic E-state index is 10.5. The monoisotopic (exact) mass is 451 g/mol. The summed E-state index contributed by atoms with van der Waals surface area (Å²) in [6, 6.07) is 9.70. The lowest BCUT2D eigenvalue weighted by atomic mass is 9.53. The van der Waals surface area contributed by atoms with Gasteiger partial charge in [0.25, 0.3) is 0 Å². The zero-order chi connectivity index (χ0) is 23.5. The van der Waals surface area contributed by atoms with E-state index in [2.05, 4.69) is 18.0 Å². The molecule has 0 saturated carbocycles. The second-order valence-electron chi connectivity index (χ2n) is 9.09. The van der Waals surface area contributed by atoms with Gasteiger partial charge in [0, 0.05) is 22.9 Å². The fourth-order valence-corrected chi connectivity index (χ4v) is 6.09. The molecule has 2 aliphatic carbocycles. The Morgan fingerprint density at radius 2 is 1.73 bits per heavy atom. The summed E-state index contributed by atoms with van der Waals surface area (Å²) in [5.41, 5.74) is 1.91. The van der Waals surface area contributed by atoms with Crippen molar-refractivity contribution in [3.63, 3.8) is 0 Å². The van der Waals surface area contributed by atoms with Gasteiger partial charge in [0.15, 0.2) is 11.5 Å². The van der Waals surface area contributed by atoms with Crippen LogP contribution in [0.5, 0.6) is 11.5 Å². The number of aromatic hydroxyl groups is 1. The smallest absolute Gasteiger partial charge is 0.336 e. The van der Waals surface area contributed by atoms with Crippen molar-refractivity contribution in [2.45, 2.75) is 36.5 Å². The lowest BCUT2D eigenvalue weighted by Crippen LogP contribution is -2.64. The van der Waals surface area contributed by atoms with Crippen molar-refractivity contribution in [2.24, 2.45) is 5.92 Å². The second kappa shape index (κ2) is 7.60. The van der Waals surface area contributed by atoms with Gasteiger partial charge in [0.05, 0.1) is 11.1 Å². The SMILES string of the molecule is CN1CC[C@]23c4c5ccc(O)c4O[C@H]2[C@@H](O)C=C[C@H]3[C@H]1C5.O=C(O)c1ccccc1C(=O)O. The highest BCUT2D eigenvalue weighted by atomic mass is 16.5. The third-order valence-electron chi connectivity index (χ3n) is 7.54. The van der Waals surface area contributed by atoms with E-state index < -0.39 is 18.0 Å². The maximum Gasteiger partial charge on any atom is 0.336 e. The summed E-state index contributed by atoms with van der Waals surface area (Å²) >= 11 is 0. The molecule has 0 aromatic heterocycles. The number of carbonyl (C=O) groups is 2. The van der Waals surface area contributed by atoms with Crippen LogP contribution in [0, 0.1) is 5.92 Å². The van der Waals surface area contributed by atoms with Gasteiger partial charge in [0.2, 0.25) is 0 Å². The van der Waals surface area contributed by atoms with E-state index in [4.69, 9.17) is 14.9 Å². The van der Waals surface area contributed by atoms with Gasteiger partial charge < -0.3 is 30.1 Å². The van der Waals surface area contributed by atoms with E-state index in [0.29, 0.717) is 17.7 Å². The number of rotatable bonds is 2. The van der Waals surface area contributed by atoms with E-state index in [1.807, 2.05) is 12.1 Å². The van der Waals surface area contributed by atoms with E-state index in [9.17, 15) is 19.8 Å². The molecule has 8 nitrogen and oxygen atoms in total. The van der Waals surface area contributed by atoms with Crippen molar-refractivity contribution < 1.29 is 34.8 Å². The molecule has 5 atom stereocenters. The van der Waals surface area contributed by atoms with Crippen LogP contribution < -0.4 is 4.74 Å². The Morgan fingerprint density at radius 1 is 1.06 bits per heavy atom. The fraction of sp³-hybridized carbons (Fsp3) is 0.360. The highest BCUT2D eigenvalue weighted by Crippen LogP contribution is 2.62. The van der Waals surface area contributed by atoms with Gasteiger partial charge in [-0.05, 0) is 50.2 Å². The fourth-order valence-electron chi connectivity index (χ4n) is 6.09. The lowest BCUT2D eigenvalue weighted by molar-refractivity contribution is -0.0453.